The van der Waals surface area contributed by atoms with Crippen molar-refractivity contribution in [2.24, 2.45) is 0 Å². The van der Waals surface area contributed by atoms with E-state index in [0.717, 1.165) is 29.9 Å². The maximum absolute atomic E-state index is 2.65. The van der Waals surface area contributed by atoms with Crippen LogP contribution in [0.2, 0.25) is 0 Å². The van der Waals surface area contributed by atoms with Crippen LogP contribution in [-0.4, -0.2) is 11.3 Å². The molecule has 2 aliphatic carbocycles. The second-order valence-corrected chi connectivity index (χ2v) is 36.9. The minimum Gasteiger partial charge on any atom is -0.311 e. The van der Waals surface area contributed by atoms with E-state index in [1.54, 1.807) is 0 Å². The van der Waals surface area contributed by atoms with E-state index in [9.17, 15) is 0 Å². The highest BCUT2D eigenvalue weighted by Gasteiger charge is 2.46. The SMILES string of the molecule is CC(C)(C)c1ccc2c(c1)c1cc(C(C)(C)C)ccc1n2-c1cc2c3c(c1)N(c1ccc(-c4ccc5c(c4)C(C)(C)CC5(C)C)cc1)c1cc(-c4ccccc4C(C)(C)C)ccc1B3c1ccc(-c3ccccc3C(C)(C)C)cc1N2c1ccc(-c2ccc3c(c2)C(C)(C)CC3(C)C)cc1. The Hall–Kier alpha value is -9.12. The molecule has 0 atom stereocenters. The Morgan fingerprint density at radius 1 is 0.300 bits per heavy atom. The lowest BCUT2D eigenvalue weighted by atomic mass is 9.33. The van der Waals surface area contributed by atoms with Crippen LogP contribution in [0.25, 0.3) is 72.0 Å². The molecule has 16 rings (SSSR count). The summed E-state index contributed by atoms with van der Waals surface area (Å²) in [7, 11) is 0. The highest BCUT2D eigenvalue weighted by Crippen LogP contribution is 2.54. The van der Waals surface area contributed by atoms with Crippen LogP contribution >= 0.6 is 0 Å². The van der Waals surface area contributed by atoms with Gasteiger partial charge < -0.3 is 14.4 Å². The van der Waals surface area contributed by atoms with Crippen LogP contribution < -0.4 is 26.2 Å². The molecule has 100 heavy (non-hydrogen) atoms. The van der Waals surface area contributed by atoms with Crippen LogP contribution in [0.5, 0.6) is 0 Å². The molecule has 0 saturated heterocycles. The molecule has 0 unspecified atom stereocenters. The van der Waals surface area contributed by atoms with Crippen LogP contribution in [0.15, 0.2) is 218 Å². The predicted octanol–water partition coefficient (Wildman–Crippen LogP) is 24.6. The molecule has 4 aliphatic rings. The Balaban J connectivity index is 1.00. The van der Waals surface area contributed by atoms with E-state index in [-0.39, 0.29) is 50.0 Å². The van der Waals surface area contributed by atoms with Crippen LogP contribution in [0.4, 0.5) is 34.1 Å². The van der Waals surface area contributed by atoms with Crippen molar-refractivity contribution in [1.29, 1.82) is 0 Å². The highest BCUT2D eigenvalue weighted by atomic mass is 15.2. The van der Waals surface area contributed by atoms with Gasteiger partial charge in [0.15, 0.2) is 0 Å². The number of rotatable bonds is 7. The number of nitrogens with zero attached hydrogens (tertiary/aromatic N) is 3. The van der Waals surface area contributed by atoms with Gasteiger partial charge in [0, 0.05) is 44.9 Å². The minimum absolute atomic E-state index is 0.0529. The molecule has 4 heteroatoms. The Morgan fingerprint density at radius 3 is 1.04 bits per heavy atom. The highest BCUT2D eigenvalue weighted by molar-refractivity contribution is 7.00. The first-order valence-corrected chi connectivity index (χ1v) is 36.9. The third-order valence-corrected chi connectivity index (χ3v) is 23.5. The van der Waals surface area contributed by atoms with E-state index < -0.39 is 0 Å². The summed E-state index contributed by atoms with van der Waals surface area (Å²) in [5.41, 5.74) is 35.6. The normalized spacial score (nSPS) is 16.4. The predicted molar refractivity (Wildman–Crippen MR) is 433 cm³/mol. The van der Waals surface area contributed by atoms with Crippen molar-refractivity contribution in [3.8, 4) is 50.2 Å². The van der Waals surface area contributed by atoms with Gasteiger partial charge in [0.25, 0.3) is 6.71 Å². The molecule has 2 aliphatic heterocycles. The van der Waals surface area contributed by atoms with Gasteiger partial charge in [0.1, 0.15) is 0 Å². The minimum atomic E-state index is -0.131. The lowest BCUT2D eigenvalue weighted by Crippen LogP contribution is -2.61. The van der Waals surface area contributed by atoms with E-state index in [0.29, 0.717) is 0 Å². The largest absolute Gasteiger partial charge is 0.311 e. The fraction of sp³-hybridized carbons (Fsp3) is 0.312. The first kappa shape index (κ1) is 65.5. The third-order valence-electron chi connectivity index (χ3n) is 23.5. The van der Waals surface area contributed by atoms with Gasteiger partial charge >= 0.3 is 0 Å². The molecule has 0 spiro atoms. The Kier molecular flexibility index (Phi) is 14.5. The van der Waals surface area contributed by atoms with Crippen molar-refractivity contribution in [3.05, 3.63) is 263 Å². The molecular weight excluding hydrogens is 1210 g/mol. The summed E-state index contributed by atoms with van der Waals surface area (Å²) in [6, 6.07) is 86.6. The van der Waals surface area contributed by atoms with E-state index in [1.807, 2.05) is 0 Å². The first-order chi connectivity index (χ1) is 47.1. The van der Waals surface area contributed by atoms with Gasteiger partial charge in [-0.05, 0) is 234 Å². The van der Waals surface area contributed by atoms with Crippen LogP contribution in [0, 0.1) is 0 Å². The molecule has 12 aromatic rings. The average Bonchev–Trinajstić information content (AvgIpc) is 0.845. The van der Waals surface area contributed by atoms with Crippen molar-refractivity contribution in [1.82, 2.24) is 4.57 Å². The standard InChI is InChI=1S/C96H100BN3/c1-89(2,3)65-37-47-82-72(53-65)73-54-66(90(4,5)6)38-48-83(73)100(82)69-55-86-88-87(56-69)99(68-41-31-60(32-42-68)62-34-44-77-79(50-62)96(19,20)58-94(77,15)16)85-52-64(71-26-22-24-28-75(71)92(10,11)12)36-46-81(85)97(88)80-45-35-63(70-25-21-23-27-74(70)91(7,8)9)51-84(80)98(86)67-39-29-59(30-40-67)61-33-43-76-78(49-61)95(17,18)57-93(76,13)14/h21-56H,57-58H2,1-20H3. The first-order valence-electron chi connectivity index (χ1n) is 36.9. The van der Waals surface area contributed by atoms with Crippen molar-refractivity contribution in [2.45, 2.75) is 195 Å². The zero-order valence-corrected chi connectivity index (χ0v) is 63.1. The Morgan fingerprint density at radius 2 is 0.660 bits per heavy atom. The fourth-order valence-electron chi connectivity index (χ4n) is 19.0. The average molecular weight is 1310 g/mol. The van der Waals surface area contributed by atoms with Gasteiger partial charge in [-0.3, -0.25) is 0 Å². The molecule has 0 bridgehead atoms. The second-order valence-electron chi connectivity index (χ2n) is 36.9. The van der Waals surface area contributed by atoms with Crippen molar-refractivity contribution >= 4 is 79.0 Å². The van der Waals surface area contributed by atoms with Gasteiger partial charge in [-0.1, -0.05) is 284 Å². The van der Waals surface area contributed by atoms with Gasteiger partial charge in [-0.25, -0.2) is 0 Å². The maximum atomic E-state index is 2.65. The molecule has 0 N–H and O–H groups in total. The zero-order valence-electron chi connectivity index (χ0n) is 63.1. The quantitative estimate of drug-likeness (QED) is 0.147. The lowest BCUT2D eigenvalue weighted by Gasteiger charge is -2.45. The molecular formula is C96H100BN3. The van der Waals surface area contributed by atoms with Gasteiger partial charge in [-0.2, -0.15) is 0 Å². The van der Waals surface area contributed by atoms with E-state index in [4.69, 9.17) is 0 Å². The van der Waals surface area contributed by atoms with Gasteiger partial charge in [0.05, 0.1) is 16.7 Å². The molecule has 0 fully saturated rings. The summed E-state index contributed by atoms with van der Waals surface area (Å²) in [5, 5.41) is 2.55. The van der Waals surface area contributed by atoms with E-state index in [2.05, 4.69) is 371 Å². The topological polar surface area (TPSA) is 11.4 Å². The number of benzene rings is 11. The smallest absolute Gasteiger partial charge is 0.252 e. The third kappa shape index (κ3) is 10.6. The summed E-state index contributed by atoms with van der Waals surface area (Å²) in [6.45, 7) is 47.4. The summed E-state index contributed by atoms with van der Waals surface area (Å²) in [5.74, 6) is 0. The number of aromatic nitrogens is 1. The summed E-state index contributed by atoms with van der Waals surface area (Å²) in [6.07, 6.45) is 2.27. The van der Waals surface area contributed by atoms with Crippen LogP contribution in [-0.2, 0) is 43.3 Å². The Bertz CT molecular complexity index is 5020. The second kappa shape index (κ2) is 22.2. The lowest BCUT2D eigenvalue weighted by molar-refractivity contribution is 0.402. The van der Waals surface area contributed by atoms with E-state index >= 15 is 0 Å². The summed E-state index contributed by atoms with van der Waals surface area (Å²) < 4.78 is 2.60. The number of hydrogen-bond donors (Lipinski definition) is 0. The van der Waals surface area contributed by atoms with Crippen molar-refractivity contribution in [2.75, 3.05) is 9.80 Å². The zero-order chi connectivity index (χ0) is 70.5. The molecule has 0 saturated carbocycles. The van der Waals surface area contributed by atoms with Crippen LogP contribution in [0.1, 0.15) is 196 Å². The monoisotopic (exact) mass is 1310 g/mol. The van der Waals surface area contributed by atoms with Crippen molar-refractivity contribution < 1.29 is 0 Å². The molecule has 0 amide bonds. The fourth-order valence-corrected chi connectivity index (χ4v) is 19.0. The van der Waals surface area contributed by atoms with Crippen molar-refractivity contribution in [3.63, 3.8) is 0 Å². The molecule has 0 radical (unpaired) electrons. The van der Waals surface area contributed by atoms with Gasteiger partial charge in [-0.15, -0.1) is 0 Å². The molecule has 11 aromatic carbocycles. The Labute approximate surface area is 597 Å². The molecule has 3 nitrogen and oxygen atoms in total. The molecule has 3 heterocycles. The molecule has 1 aromatic heterocycles. The maximum Gasteiger partial charge on any atom is 0.252 e. The molecule has 502 valence electrons. The van der Waals surface area contributed by atoms with Gasteiger partial charge in [0.2, 0.25) is 0 Å². The summed E-state index contributed by atoms with van der Waals surface area (Å²) in [4.78, 5) is 5.30. The number of fused-ring (bicyclic) bond motifs is 9. The number of hydrogen-bond acceptors (Lipinski definition) is 2. The van der Waals surface area contributed by atoms with Crippen LogP contribution in [0.3, 0.4) is 0 Å². The number of anilines is 6. The summed E-state index contributed by atoms with van der Waals surface area (Å²) >= 11 is 0. The van der Waals surface area contributed by atoms with E-state index in [1.165, 1.54) is 150 Å².